The topological polar surface area (TPSA) is 63.2 Å². The monoisotopic (exact) mass is 387 g/mol. The minimum atomic E-state index is -3.04. The van der Waals surface area contributed by atoms with E-state index in [2.05, 4.69) is 15.0 Å². The summed E-state index contributed by atoms with van der Waals surface area (Å²) in [5.74, 6) is -0.721. The number of carbonyl (C=O) groups excluding carboxylic acids is 1. The van der Waals surface area contributed by atoms with Crippen molar-refractivity contribution in [1.29, 1.82) is 0 Å². The molecule has 1 aliphatic heterocycles. The SMILES string of the molecule is CCNC(=NCc1c(F)cccc1OC(F)F)N1CCC(C(=O)OC)CC1. The van der Waals surface area contributed by atoms with Crippen LogP contribution in [0.1, 0.15) is 25.3 Å². The fourth-order valence-electron chi connectivity index (χ4n) is 2.97. The van der Waals surface area contributed by atoms with Gasteiger partial charge in [0.2, 0.25) is 0 Å². The number of hydrogen-bond acceptors (Lipinski definition) is 4. The van der Waals surface area contributed by atoms with Crippen LogP contribution in [-0.2, 0) is 16.1 Å². The van der Waals surface area contributed by atoms with Gasteiger partial charge < -0.3 is 19.7 Å². The summed E-state index contributed by atoms with van der Waals surface area (Å²) in [7, 11) is 1.37. The van der Waals surface area contributed by atoms with Crippen LogP contribution in [-0.4, -0.2) is 50.2 Å². The molecule has 0 aliphatic carbocycles. The standard InChI is InChI=1S/C18H24F3N3O3/c1-3-22-18(24-9-7-12(8-10-24)16(25)26-2)23-11-13-14(19)5-4-6-15(13)27-17(20)21/h4-6,12,17H,3,7-11H2,1-2H3,(H,22,23). The zero-order chi connectivity index (χ0) is 19.8. The highest BCUT2D eigenvalue weighted by atomic mass is 19.3. The van der Waals surface area contributed by atoms with Crippen molar-refractivity contribution in [2.24, 2.45) is 10.9 Å². The van der Waals surface area contributed by atoms with Gasteiger partial charge in [-0.2, -0.15) is 8.78 Å². The van der Waals surface area contributed by atoms with Gasteiger partial charge in [0, 0.05) is 19.6 Å². The average Bonchev–Trinajstić information content (AvgIpc) is 2.65. The van der Waals surface area contributed by atoms with Gasteiger partial charge in [-0.15, -0.1) is 0 Å². The van der Waals surface area contributed by atoms with Crippen LogP contribution in [0.2, 0.25) is 0 Å². The molecular formula is C18H24F3N3O3. The van der Waals surface area contributed by atoms with Crippen molar-refractivity contribution in [2.75, 3.05) is 26.7 Å². The zero-order valence-corrected chi connectivity index (χ0v) is 15.4. The van der Waals surface area contributed by atoms with Gasteiger partial charge in [0.1, 0.15) is 11.6 Å². The lowest BCUT2D eigenvalue weighted by molar-refractivity contribution is -0.146. The summed E-state index contributed by atoms with van der Waals surface area (Å²) < 4.78 is 48.3. The molecule has 0 bridgehead atoms. The summed E-state index contributed by atoms with van der Waals surface area (Å²) in [5, 5.41) is 3.11. The first-order valence-corrected chi connectivity index (χ1v) is 8.79. The molecule has 0 aromatic heterocycles. The van der Waals surface area contributed by atoms with Crippen LogP contribution >= 0.6 is 0 Å². The van der Waals surface area contributed by atoms with Gasteiger partial charge in [-0.25, -0.2) is 9.38 Å². The Balaban J connectivity index is 2.12. The smallest absolute Gasteiger partial charge is 0.387 e. The zero-order valence-electron chi connectivity index (χ0n) is 15.4. The van der Waals surface area contributed by atoms with Crippen molar-refractivity contribution in [3.05, 3.63) is 29.6 Å². The first-order chi connectivity index (χ1) is 13.0. The molecule has 1 heterocycles. The molecule has 1 aromatic carbocycles. The minimum absolute atomic E-state index is 0.0300. The Morgan fingerprint density at radius 1 is 1.37 bits per heavy atom. The second-order valence-electron chi connectivity index (χ2n) is 6.05. The van der Waals surface area contributed by atoms with Crippen LogP contribution < -0.4 is 10.1 Å². The van der Waals surface area contributed by atoms with E-state index >= 15 is 0 Å². The highest BCUT2D eigenvalue weighted by Crippen LogP contribution is 2.25. The number of halogens is 3. The first-order valence-electron chi connectivity index (χ1n) is 8.79. The number of benzene rings is 1. The number of esters is 1. The van der Waals surface area contributed by atoms with Crippen LogP contribution in [0.5, 0.6) is 5.75 Å². The van der Waals surface area contributed by atoms with Crippen molar-refractivity contribution < 1.29 is 27.4 Å². The Labute approximate surface area is 156 Å². The van der Waals surface area contributed by atoms with Crippen molar-refractivity contribution in [3.63, 3.8) is 0 Å². The molecule has 2 rings (SSSR count). The summed E-state index contributed by atoms with van der Waals surface area (Å²) in [5.41, 5.74) is -0.0300. The molecule has 6 nitrogen and oxygen atoms in total. The Kier molecular flexibility index (Phi) is 7.75. The van der Waals surface area contributed by atoms with Crippen molar-refractivity contribution in [1.82, 2.24) is 10.2 Å². The van der Waals surface area contributed by atoms with Gasteiger partial charge in [0.25, 0.3) is 0 Å². The molecule has 1 saturated heterocycles. The molecule has 0 saturated carbocycles. The molecule has 0 radical (unpaired) electrons. The summed E-state index contributed by atoms with van der Waals surface area (Å²) in [6.45, 7) is 0.471. The van der Waals surface area contributed by atoms with Crippen LogP contribution in [0.4, 0.5) is 13.2 Å². The Morgan fingerprint density at radius 3 is 2.67 bits per heavy atom. The molecule has 0 unspecified atom stereocenters. The van der Waals surface area contributed by atoms with E-state index in [-0.39, 0.29) is 29.7 Å². The molecule has 1 aromatic rings. The predicted octanol–water partition coefficient (Wildman–Crippen LogP) is 2.78. The molecule has 150 valence electrons. The molecule has 1 aliphatic rings. The van der Waals surface area contributed by atoms with Crippen LogP contribution in [0, 0.1) is 11.7 Å². The van der Waals surface area contributed by atoms with Crippen molar-refractivity contribution in [2.45, 2.75) is 32.9 Å². The van der Waals surface area contributed by atoms with E-state index in [0.29, 0.717) is 38.4 Å². The largest absolute Gasteiger partial charge is 0.469 e. The van der Waals surface area contributed by atoms with Gasteiger partial charge >= 0.3 is 12.6 Å². The molecule has 0 spiro atoms. The molecule has 1 N–H and O–H groups in total. The number of hydrogen-bond donors (Lipinski definition) is 1. The van der Waals surface area contributed by atoms with E-state index in [1.807, 2.05) is 11.8 Å². The normalized spacial score (nSPS) is 15.8. The number of nitrogens with one attached hydrogen (secondary N) is 1. The fraction of sp³-hybridized carbons (Fsp3) is 0.556. The lowest BCUT2D eigenvalue weighted by atomic mass is 9.97. The second-order valence-corrected chi connectivity index (χ2v) is 6.05. The molecular weight excluding hydrogens is 363 g/mol. The Morgan fingerprint density at radius 2 is 2.07 bits per heavy atom. The fourth-order valence-corrected chi connectivity index (χ4v) is 2.97. The van der Waals surface area contributed by atoms with Gasteiger partial charge in [0.05, 0.1) is 25.1 Å². The van der Waals surface area contributed by atoms with Gasteiger partial charge in [0.15, 0.2) is 5.96 Å². The summed E-state index contributed by atoms with van der Waals surface area (Å²) in [4.78, 5) is 18.0. The number of methoxy groups -OCH3 is 1. The number of alkyl halides is 2. The van der Waals surface area contributed by atoms with Crippen LogP contribution in [0.25, 0.3) is 0 Å². The molecule has 0 amide bonds. The number of ether oxygens (including phenoxy) is 2. The van der Waals surface area contributed by atoms with E-state index in [9.17, 15) is 18.0 Å². The minimum Gasteiger partial charge on any atom is -0.469 e. The van der Waals surface area contributed by atoms with Crippen LogP contribution in [0.15, 0.2) is 23.2 Å². The van der Waals surface area contributed by atoms with E-state index < -0.39 is 12.4 Å². The predicted molar refractivity (Wildman–Crippen MR) is 94.2 cm³/mol. The quantitative estimate of drug-likeness (QED) is 0.462. The van der Waals surface area contributed by atoms with Gasteiger partial charge in [-0.3, -0.25) is 4.79 Å². The summed E-state index contributed by atoms with van der Waals surface area (Å²) in [6, 6.07) is 3.77. The molecule has 1 fully saturated rings. The third-order valence-electron chi connectivity index (χ3n) is 4.34. The van der Waals surface area contributed by atoms with Crippen LogP contribution in [0.3, 0.4) is 0 Å². The lowest BCUT2D eigenvalue weighted by Gasteiger charge is -2.33. The number of likely N-dealkylation sites (tertiary alicyclic amines) is 1. The maximum Gasteiger partial charge on any atom is 0.387 e. The van der Waals surface area contributed by atoms with E-state index in [1.54, 1.807) is 0 Å². The average molecular weight is 387 g/mol. The van der Waals surface area contributed by atoms with E-state index in [0.717, 1.165) is 0 Å². The summed E-state index contributed by atoms with van der Waals surface area (Å²) in [6.07, 6.45) is 1.24. The van der Waals surface area contributed by atoms with Crippen molar-refractivity contribution >= 4 is 11.9 Å². The Hall–Kier alpha value is -2.45. The first kappa shape index (κ1) is 20.9. The number of piperidine rings is 1. The molecule has 9 heteroatoms. The number of guanidine groups is 1. The maximum absolute atomic E-state index is 14.1. The highest BCUT2D eigenvalue weighted by Gasteiger charge is 2.27. The third kappa shape index (κ3) is 5.77. The number of rotatable bonds is 6. The maximum atomic E-state index is 14.1. The number of nitrogens with zero attached hydrogens (tertiary/aromatic N) is 2. The Bertz CT molecular complexity index is 662. The second kappa shape index (κ2) is 10.0. The van der Waals surface area contributed by atoms with Gasteiger partial charge in [-0.05, 0) is 31.9 Å². The van der Waals surface area contributed by atoms with Gasteiger partial charge in [-0.1, -0.05) is 6.07 Å². The summed E-state index contributed by atoms with van der Waals surface area (Å²) >= 11 is 0. The van der Waals surface area contributed by atoms with E-state index in [1.165, 1.54) is 25.3 Å². The number of aliphatic imine (C=N–C) groups is 1. The van der Waals surface area contributed by atoms with E-state index in [4.69, 9.17) is 4.74 Å². The number of carbonyl (C=O) groups is 1. The highest BCUT2D eigenvalue weighted by molar-refractivity contribution is 5.80. The molecule has 0 atom stereocenters. The third-order valence-corrected chi connectivity index (χ3v) is 4.34. The van der Waals surface area contributed by atoms with Crippen molar-refractivity contribution in [3.8, 4) is 5.75 Å². The lowest BCUT2D eigenvalue weighted by Crippen LogP contribution is -2.46. The molecule has 27 heavy (non-hydrogen) atoms.